The third-order valence-electron chi connectivity index (χ3n) is 18.4. The zero-order chi connectivity index (χ0) is 74.5. The van der Waals surface area contributed by atoms with Gasteiger partial charge in [0.15, 0.2) is 0 Å². The van der Waals surface area contributed by atoms with E-state index in [1.54, 1.807) is 57.8 Å². The Hall–Kier alpha value is -13.5. The molecule has 7 heterocycles. The number of anilines is 5. The zero-order valence-corrected chi connectivity index (χ0v) is 58.6. The number of fused-ring (bicyclic) bond motifs is 3. The molecule has 3 unspecified atom stereocenters. The first-order valence-electron chi connectivity index (χ1n) is 34.3. The Labute approximate surface area is 611 Å². The summed E-state index contributed by atoms with van der Waals surface area (Å²) < 4.78 is 22.5. The average molecular weight is 1420 g/mol. The lowest BCUT2D eigenvalue weighted by molar-refractivity contribution is -0.133. The van der Waals surface area contributed by atoms with E-state index in [2.05, 4.69) is 45.8 Å². The lowest BCUT2D eigenvalue weighted by Gasteiger charge is -2.44. The van der Waals surface area contributed by atoms with Gasteiger partial charge < -0.3 is 67.8 Å². The number of hydrogen-bond acceptors (Lipinski definition) is 17. The highest BCUT2D eigenvalue weighted by molar-refractivity contribution is 6.06. The number of likely N-dealkylation sites (N-methyl/N-ethyl adjacent to an activating group) is 1. The van der Waals surface area contributed by atoms with Crippen LogP contribution in [0.25, 0.3) is 33.8 Å². The number of rotatable bonds is 21. The lowest BCUT2D eigenvalue weighted by Crippen LogP contribution is -2.53. The van der Waals surface area contributed by atoms with Crippen molar-refractivity contribution in [2.24, 2.45) is 23.1 Å². The number of hydrogen-bond donors (Lipinski definition) is 8. The van der Waals surface area contributed by atoms with Crippen LogP contribution >= 0.6 is 0 Å². The summed E-state index contributed by atoms with van der Waals surface area (Å²) in [4.78, 5) is 77.7. The predicted octanol–water partition coefficient (Wildman–Crippen LogP) is 11.4. The Morgan fingerprint density at radius 1 is 0.557 bits per heavy atom. The molecular weight excluding hydrogens is 1340 g/mol. The molecule has 11 N–H and O–H groups in total. The molecule has 6 amide bonds. The smallest absolute Gasteiger partial charge is 0.254 e. The number of nitrogens with two attached hydrogens (primary N) is 3. The molecule has 3 aromatic heterocycles. The monoisotopic (exact) mass is 1420 g/mol. The van der Waals surface area contributed by atoms with Crippen LogP contribution in [0.2, 0.25) is 0 Å². The second kappa shape index (κ2) is 32.6. The van der Waals surface area contributed by atoms with Crippen molar-refractivity contribution in [1.82, 2.24) is 39.1 Å². The average Bonchev–Trinajstić information content (AvgIpc) is 1.60. The van der Waals surface area contributed by atoms with Crippen molar-refractivity contribution in [2.75, 3.05) is 87.1 Å². The maximum absolute atomic E-state index is 12.7. The van der Waals surface area contributed by atoms with E-state index in [-0.39, 0.29) is 41.8 Å². The van der Waals surface area contributed by atoms with E-state index < -0.39 is 17.7 Å². The second-order valence-corrected chi connectivity index (χ2v) is 25.5. The molecule has 0 radical (unpaired) electrons. The van der Waals surface area contributed by atoms with Gasteiger partial charge >= 0.3 is 0 Å². The van der Waals surface area contributed by atoms with E-state index in [4.69, 9.17) is 46.7 Å². The number of likely N-dealkylation sites (tertiary alicyclic amines) is 1. The highest BCUT2D eigenvalue weighted by atomic mass is 16.5. The molecule has 4 aliphatic rings. The van der Waals surface area contributed by atoms with Gasteiger partial charge in [-0.2, -0.15) is 20.6 Å². The number of aromatic nitrogens is 6. The van der Waals surface area contributed by atoms with E-state index in [1.165, 1.54) is 18.2 Å². The van der Waals surface area contributed by atoms with Crippen molar-refractivity contribution in [3.63, 3.8) is 0 Å². The number of nitrogens with one attached hydrogen (secondary N) is 5. The minimum atomic E-state index is -0.569. The van der Waals surface area contributed by atoms with Gasteiger partial charge in [-0.05, 0) is 143 Å². The number of benzene rings is 7. The lowest BCUT2D eigenvalue weighted by atomic mass is 9.88. The molecule has 0 saturated carbocycles. The predicted molar refractivity (Wildman–Crippen MR) is 406 cm³/mol. The number of ether oxygens (including phenoxy) is 3. The summed E-state index contributed by atoms with van der Waals surface area (Å²) in [5.74, 6) is 2.78. The molecule has 26 nitrogen and oxygen atoms in total. The van der Waals surface area contributed by atoms with E-state index in [9.17, 15) is 34.0 Å². The van der Waals surface area contributed by atoms with Crippen molar-refractivity contribution in [3.8, 4) is 68.6 Å². The van der Waals surface area contributed by atoms with E-state index >= 15 is 0 Å². The first kappa shape index (κ1) is 72.3. The van der Waals surface area contributed by atoms with Crippen LogP contribution in [-0.4, -0.2) is 135 Å². The van der Waals surface area contributed by atoms with Crippen LogP contribution in [0.5, 0.6) is 28.7 Å². The quantitative estimate of drug-likeness (QED) is 0.0310. The Morgan fingerprint density at radius 3 is 1.56 bits per heavy atom. The minimum absolute atomic E-state index is 0.0528. The highest BCUT2D eigenvalue weighted by Crippen LogP contribution is 2.44. The van der Waals surface area contributed by atoms with E-state index in [0.717, 1.165) is 40.0 Å². The van der Waals surface area contributed by atoms with Gasteiger partial charge in [-0.25, -0.2) is 14.0 Å². The highest BCUT2D eigenvalue weighted by Gasteiger charge is 2.41. The second-order valence-electron chi connectivity index (χ2n) is 25.5. The summed E-state index contributed by atoms with van der Waals surface area (Å²) in [7, 11) is 5.47. The first-order chi connectivity index (χ1) is 51.4. The summed E-state index contributed by atoms with van der Waals surface area (Å²) in [6, 6.07) is 55.4. The molecule has 4 aliphatic heterocycles. The largest absolute Gasteiger partial charge is 0.497 e. The normalized spacial score (nSPS) is 15.4. The molecule has 14 rings (SSSR count). The van der Waals surface area contributed by atoms with Gasteiger partial charge in [0.1, 0.15) is 86.0 Å². The van der Waals surface area contributed by atoms with Crippen LogP contribution in [-0.2, 0) is 14.4 Å². The molecule has 0 bridgehead atoms. The summed E-state index contributed by atoms with van der Waals surface area (Å²) in [6.07, 6.45) is 8.16. The molecule has 0 spiro atoms. The molecule has 3 atom stereocenters. The van der Waals surface area contributed by atoms with Gasteiger partial charge in [0.05, 0.1) is 30.8 Å². The van der Waals surface area contributed by atoms with Crippen molar-refractivity contribution >= 4 is 64.3 Å². The Bertz CT molecular complexity index is 5030. The molecule has 10 aromatic rings. The Balaban J connectivity index is 0.000000150. The molecular formula is C80H79N17O9. The molecule has 1 saturated heterocycles. The Morgan fingerprint density at radius 2 is 1.03 bits per heavy atom. The number of para-hydroxylation sites is 4. The molecule has 7 aromatic carbocycles. The zero-order valence-electron chi connectivity index (χ0n) is 58.6. The minimum Gasteiger partial charge on any atom is -0.497 e. The summed E-state index contributed by atoms with van der Waals surface area (Å²) in [5.41, 5.74) is 25.6. The van der Waals surface area contributed by atoms with Crippen LogP contribution in [0.15, 0.2) is 213 Å². The van der Waals surface area contributed by atoms with Crippen LogP contribution in [0.3, 0.4) is 0 Å². The fourth-order valence-corrected chi connectivity index (χ4v) is 13.3. The van der Waals surface area contributed by atoms with Crippen molar-refractivity contribution in [2.45, 2.75) is 37.4 Å². The first-order valence-corrected chi connectivity index (χ1v) is 34.3. The van der Waals surface area contributed by atoms with Crippen molar-refractivity contribution in [1.29, 1.82) is 5.26 Å². The van der Waals surface area contributed by atoms with E-state index in [0.29, 0.717) is 143 Å². The number of methoxy groups -OCH3 is 1. The number of primary amides is 3. The molecule has 26 heteroatoms. The maximum atomic E-state index is 12.7. The number of nitrogens with zero attached hydrogens (tertiary/aromatic N) is 9. The number of amides is 6. The van der Waals surface area contributed by atoms with Crippen LogP contribution in [0.4, 0.5) is 28.8 Å². The van der Waals surface area contributed by atoms with Gasteiger partial charge in [0.25, 0.3) is 17.7 Å². The van der Waals surface area contributed by atoms with Crippen LogP contribution < -0.4 is 58.0 Å². The maximum Gasteiger partial charge on any atom is 0.254 e. The SMILES string of the molecule is C=CC(=O)N1CC(C2CCNc3c(C(N)=O)c(-c4ccc(Oc5ccccc5C#N)cc4)nn32)C1.C=CC(=O)Nc1ccccc1C1CCNc2c(C(N)=O)c(-c3cccc(OC)c3)nn21.CN(C)C/C=C/C(=O)Nc1ccccc1C1CCNc2c(C(N)=O)c(-c3ccc(Oc4ccccc4)cc3)nn21. The standard InChI is InChI=1S/C31H32N6O3.C26H24N6O3.C23H23N5O3/c1-36(2)20-8-13-27(38)34-25-12-7-6-11-24(25)26-18-19-33-31-28(30(32)39)29(35-37(26)31)21-14-16-23(17-15-21)40-22-9-4-3-5-10-22;1-2-22(33)31-14-18(15-31)20-11-12-29-26-23(25(28)34)24(30-32(20)26)16-7-9-19(10-8-16)35-21-6-4-3-5-17(21)13-27;1-3-19(29)26-17-10-5-4-9-16(17)18-11-12-25-23-20(22(24)30)21(27-28(18)23)14-7-6-8-15(13-14)31-2/h3-17,26,33H,18-20H2,1-2H3,(H2,32,39)(H,34,38);2-10,18,20,29H,1,11-12,14-15H2,(H2,28,34);3-10,13,18,25H,1,11-12H2,2H3,(H2,24,30)(H,26,29)/b13-8+;;. The topological polar surface area (TPSA) is 352 Å². The van der Waals surface area contributed by atoms with Gasteiger partial charge in [-0.3, -0.25) is 28.8 Å². The molecule has 0 aliphatic carbocycles. The third-order valence-corrected chi connectivity index (χ3v) is 18.4. The van der Waals surface area contributed by atoms with Gasteiger partial charge in [0.2, 0.25) is 17.7 Å². The third kappa shape index (κ3) is 15.9. The van der Waals surface area contributed by atoms with Crippen LogP contribution in [0, 0.1) is 17.2 Å². The molecule has 538 valence electrons. The molecule has 106 heavy (non-hydrogen) atoms. The van der Waals surface area contributed by atoms with Crippen LogP contribution in [0.1, 0.15) is 85.2 Å². The van der Waals surface area contributed by atoms with E-state index in [1.807, 2.05) is 169 Å². The number of carbonyl (C=O) groups is 6. The number of carbonyl (C=O) groups excluding carboxylic acids is 6. The Kier molecular flexibility index (Phi) is 22.2. The fraction of sp³-hybridized carbons (Fsp3) is 0.200. The van der Waals surface area contributed by atoms with Crippen molar-refractivity contribution < 1.29 is 43.0 Å². The number of nitriles is 1. The van der Waals surface area contributed by atoms with Gasteiger partial charge in [-0.15, -0.1) is 0 Å². The van der Waals surface area contributed by atoms with Crippen molar-refractivity contribution in [3.05, 3.63) is 247 Å². The summed E-state index contributed by atoms with van der Waals surface area (Å²) in [6.45, 7) is 10.9. The summed E-state index contributed by atoms with van der Waals surface area (Å²) in [5, 5.41) is 39.5. The van der Waals surface area contributed by atoms with Gasteiger partial charge in [0, 0.05) is 90.5 Å². The molecule has 1 fully saturated rings. The fourth-order valence-electron chi connectivity index (χ4n) is 13.3. The summed E-state index contributed by atoms with van der Waals surface area (Å²) >= 11 is 0. The van der Waals surface area contributed by atoms with Gasteiger partial charge in [-0.1, -0.05) is 98.1 Å².